The molecule has 2 unspecified atom stereocenters. The summed E-state index contributed by atoms with van der Waals surface area (Å²) >= 11 is 0. The highest BCUT2D eigenvalue weighted by atomic mass is 14.6. The van der Waals surface area contributed by atoms with Crippen molar-refractivity contribution in [2.75, 3.05) is 0 Å². The molecule has 0 heteroatoms. The highest BCUT2D eigenvalue weighted by Crippen LogP contribution is 2.64. The van der Waals surface area contributed by atoms with E-state index in [1.54, 1.807) is 5.57 Å². The minimum Gasteiger partial charge on any atom is -0.0769 e. The first-order chi connectivity index (χ1) is 4.14. The Morgan fingerprint density at radius 3 is 2.44 bits per heavy atom. The molecule has 0 aromatic rings. The van der Waals surface area contributed by atoms with Gasteiger partial charge in [0, 0.05) is 5.92 Å². The summed E-state index contributed by atoms with van der Waals surface area (Å²) in [5.41, 5.74) is 2.39. The Morgan fingerprint density at radius 1 is 1.67 bits per heavy atom. The molecule has 50 valence electrons. The lowest BCUT2D eigenvalue weighted by Gasteiger charge is -2.41. The average Bonchev–Trinajstić information content (AvgIpc) is 2.40. The Hall–Kier alpha value is -0.260. The van der Waals surface area contributed by atoms with Crippen molar-refractivity contribution in [3.8, 4) is 0 Å². The molecular weight excluding hydrogens is 108 g/mol. The lowest BCUT2D eigenvalue weighted by molar-refractivity contribution is 0.136. The Kier molecular flexibility index (Phi) is 0.769. The fraction of sp³-hybridized carbons (Fsp3) is 0.778. The molecule has 0 saturated heterocycles. The molecule has 2 aliphatic rings. The molecule has 0 heterocycles. The summed E-state index contributed by atoms with van der Waals surface area (Å²) < 4.78 is 0. The summed E-state index contributed by atoms with van der Waals surface area (Å²) in [5.74, 6) is 1.79. The second kappa shape index (κ2) is 1.25. The van der Waals surface area contributed by atoms with E-state index in [2.05, 4.69) is 26.8 Å². The van der Waals surface area contributed by atoms with E-state index in [9.17, 15) is 0 Å². The fourth-order valence-corrected chi connectivity index (χ4v) is 1.93. The third kappa shape index (κ3) is 0.493. The predicted octanol–water partition coefficient (Wildman–Crippen LogP) is 2.61. The third-order valence-electron chi connectivity index (χ3n) is 3.29. The van der Waals surface area contributed by atoms with Crippen LogP contribution in [0.2, 0.25) is 0 Å². The van der Waals surface area contributed by atoms with E-state index in [4.69, 9.17) is 0 Å². The molecule has 0 aliphatic heterocycles. The van der Waals surface area contributed by atoms with Crippen LogP contribution >= 0.6 is 0 Å². The standard InChI is InChI=1S/C9H14/c1-6(2)9(3)5-7-4-8(7)9/h4,6,8H,5H2,1-3H3. The summed E-state index contributed by atoms with van der Waals surface area (Å²) in [6, 6.07) is 0. The van der Waals surface area contributed by atoms with E-state index >= 15 is 0 Å². The van der Waals surface area contributed by atoms with Gasteiger partial charge in [0.2, 0.25) is 0 Å². The van der Waals surface area contributed by atoms with Crippen LogP contribution in [0, 0.1) is 17.3 Å². The monoisotopic (exact) mass is 122 g/mol. The van der Waals surface area contributed by atoms with Crippen molar-refractivity contribution < 1.29 is 0 Å². The van der Waals surface area contributed by atoms with Crippen LogP contribution in [0.15, 0.2) is 11.6 Å². The minimum absolute atomic E-state index is 0.662. The van der Waals surface area contributed by atoms with Gasteiger partial charge in [0.25, 0.3) is 0 Å². The number of rotatable bonds is 1. The third-order valence-corrected chi connectivity index (χ3v) is 3.29. The van der Waals surface area contributed by atoms with Crippen molar-refractivity contribution in [3.05, 3.63) is 11.6 Å². The van der Waals surface area contributed by atoms with Gasteiger partial charge in [0.15, 0.2) is 0 Å². The summed E-state index contributed by atoms with van der Waals surface area (Å²) in [6.45, 7) is 7.08. The number of hydrogen-bond donors (Lipinski definition) is 0. The van der Waals surface area contributed by atoms with Gasteiger partial charge in [-0.1, -0.05) is 32.4 Å². The molecule has 0 N–H and O–H groups in total. The Bertz CT molecular complexity index is 172. The molecule has 0 amide bonds. The van der Waals surface area contributed by atoms with Crippen LogP contribution in [0.3, 0.4) is 0 Å². The molecule has 0 nitrogen and oxygen atoms in total. The topological polar surface area (TPSA) is 0 Å². The smallest absolute Gasteiger partial charge is 0.00394 e. The predicted molar refractivity (Wildman–Crippen MR) is 39.1 cm³/mol. The van der Waals surface area contributed by atoms with Crippen LogP contribution in [-0.2, 0) is 0 Å². The maximum Gasteiger partial charge on any atom is 0.00394 e. The summed E-state index contributed by atoms with van der Waals surface area (Å²) in [5, 5.41) is 0. The van der Waals surface area contributed by atoms with Crippen LogP contribution < -0.4 is 0 Å². The molecule has 2 aliphatic carbocycles. The van der Waals surface area contributed by atoms with E-state index in [0.29, 0.717) is 5.41 Å². The molecule has 0 aromatic carbocycles. The van der Waals surface area contributed by atoms with Gasteiger partial charge in [-0.25, -0.2) is 0 Å². The first-order valence-corrected chi connectivity index (χ1v) is 3.85. The molecule has 1 saturated carbocycles. The molecule has 2 rings (SSSR count). The van der Waals surface area contributed by atoms with Gasteiger partial charge in [-0.05, 0) is 17.8 Å². The quantitative estimate of drug-likeness (QED) is 0.469. The second-order valence-electron chi connectivity index (χ2n) is 4.06. The van der Waals surface area contributed by atoms with Gasteiger partial charge < -0.3 is 0 Å². The van der Waals surface area contributed by atoms with E-state index < -0.39 is 0 Å². The van der Waals surface area contributed by atoms with Crippen LogP contribution in [0.5, 0.6) is 0 Å². The van der Waals surface area contributed by atoms with Crippen LogP contribution in [0.25, 0.3) is 0 Å². The Morgan fingerprint density at radius 2 is 2.33 bits per heavy atom. The molecule has 0 bridgehead atoms. The van der Waals surface area contributed by atoms with Gasteiger partial charge >= 0.3 is 0 Å². The van der Waals surface area contributed by atoms with Crippen molar-refractivity contribution >= 4 is 0 Å². The van der Waals surface area contributed by atoms with E-state index in [-0.39, 0.29) is 0 Å². The molecular formula is C9H14. The maximum atomic E-state index is 2.43. The lowest BCUT2D eigenvalue weighted by Crippen LogP contribution is -2.34. The number of allylic oxidation sites excluding steroid dienone is 2. The molecule has 0 aromatic heterocycles. The second-order valence-corrected chi connectivity index (χ2v) is 4.06. The summed E-state index contributed by atoms with van der Waals surface area (Å²) in [4.78, 5) is 0. The SMILES string of the molecule is CC(C)C1(C)CC2=CC21. The molecule has 9 heavy (non-hydrogen) atoms. The van der Waals surface area contributed by atoms with Crippen molar-refractivity contribution in [1.82, 2.24) is 0 Å². The van der Waals surface area contributed by atoms with Crippen molar-refractivity contribution in [2.45, 2.75) is 27.2 Å². The lowest BCUT2D eigenvalue weighted by atomic mass is 9.62. The van der Waals surface area contributed by atoms with Gasteiger partial charge in [-0.2, -0.15) is 0 Å². The average molecular weight is 122 g/mol. The first-order valence-electron chi connectivity index (χ1n) is 3.85. The summed E-state index contributed by atoms with van der Waals surface area (Å²) in [7, 11) is 0. The number of hydrogen-bond acceptors (Lipinski definition) is 0. The normalized spacial score (nSPS) is 45.8. The molecule has 1 fully saturated rings. The molecule has 0 radical (unpaired) electrons. The van der Waals surface area contributed by atoms with Crippen LogP contribution in [0.1, 0.15) is 27.2 Å². The number of fused-ring (bicyclic) bond motifs is 1. The van der Waals surface area contributed by atoms with Crippen molar-refractivity contribution in [2.24, 2.45) is 17.3 Å². The zero-order valence-corrected chi connectivity index (χ0v) is 6.44. The zero-order valence-electron chi connectivity index (χ0n) is 6.44. The van der Waals surface area contributed by atoms with Gasteiger partial charge in [0.1, 0.15) is 0 Å². The summed E-state index contributed by atoms with van der Waals surface area (Å²) in [6.07, 6.45) is 3.81. The van der Waals surface area contributed by atoms with E-state index in [1.807, 2.05) is 0 Å². The first kappa shape index (κ1) is 5.52. The van der Waals surface area contributed by atoms with Crippen molar-refractivity contribution in [1.29, 1.82) is 0 Å². The van der Waals surface area contributed by atoms with Crippen LogP contribution in [0.4, 0.5) is 0 Å². The van der Waals surface area contributed by atoms with Crippen LogP contribution in [-0.4, -0.2) is 0 Å². The highest BCUT2D eigenvalue weighted by Gasteiger charge is 2.54. The van der Waals surface area contributed by atoms with Gasteiger partial charge in [-0.15, -0.1) is 0 Å². The highest BCUT2D eigenvalue weighted by molar-refractivity contribution is 5.43. The molecule has 2 atom stereocenters. The van der Waals surface area contributed by atoms with E-state index in [0.717, 1.165) is 11.8 Å². The zero-order chi connectivity index (χ0) is 6.65. The van der Waals surface area contributed by atoms with Crippen molar-refractivity contribution in [3.63, 3.8) is 0 Å². The Labute approximate surface area is 57.0 Å². The largest absolute Gasteiger partial charge is 0.0769 e. The minimum atomic E-state index is 0.662. The Balaban J connectivity index is 2.10. The van der Waals surface area contributed by atoms with E-state index in [1.165, 1.54) is 6.42 Å². The fourth-order valence-electron chi connectivity index (χ4n) is 1.93. The van der Waals surface area contributed by atoms with Gasteiger partial charge in [-0.3, -0.25) is 0 Å². The maximum absolute atomic E-state index is 2.43. The van der Waals surface area contributed by atoms with Gasteiger partial charge in [0.05, 0.1) is 0 Å². The molecule has 0 spiro atoms.